The topological polar surface area (TPSA) is 107 Å². The minimum absolute atomic E-state index is 0.0925. The third kappa shape index (κ3) is 5.94. The van der Waals surface area contributed by atoms with Crippen molar-refractivity contribution in [3.8, 4) is 6.07 Å². The highest BCUT2D eigenvalue weighted by Crippen LogP contribution is 2.19. The van der Waals surface area contributed by atoms with E-state index in [1.54, 1.807) is 26.0 Å². The molecule has 0 atom stereocenters. The maximum absolute atomic E-state index is 11.8. The fourth-order valence-corrected chi connectivity index (χ4v) is 2.79. The van der Waals surface area contributed by atoms with Gasteiger partial charge in [-0.1, -0.05) is 12.1 Å². The van der Waals surface area contributed by atoms with Gasteiger partial charge >= 0.3 is 5.97 Å². The second kappa shape index (κ2) is 6.70. The van der Waals surface area contributed by atoms with Gasteiger partial charge in [0.25, 0.3) is 0 Å². The summed E-state index contributed by atoms with van der Waals surface area (Å²) in [7, 11) is -3.47. The van der Waals surface area contributed by atoms with Gasteiger partial charge in [0.15, 0.2) is 0 Å². The molecule has 0 heterocycles. The number of carboxylic acids is 1. The molecule has 0 saturated carbocycles. The Morgan fingerprint density at radius 1 is 1.33 bits per heavy atom. The number of hydrogen-bond acceptors (Lipinski definition) is 4. The quantitative estimate of drug-likeness (QED) is 0.797. The van der Waals surface area contributed by atoms with E-state index in [4.69, 9.17) is 10.4 Å². The molecule has 0 aliphatic heterocycles. The summed E-state index contributed by atoms with van der Waals surface area (Å²) in [5.41, 5.74) is 0.137. The monoisotopic (exact) mass is 310 g/mol. The van der Waals surface area contributed by atoms with Gasteiger partial charge in [0.2, 0.25) is 10.0 Å². The summed E-state index contributed by atoms with van der Waals surface area (Å²) < 4.78 is 26.1. The highest BCUT2D eigenvalue weighted by Gasteiger charge is 2.21. The molecule has 2 N–H and O–H groups in total. The Hall–Kier alpha value is -1.91. The van der Waals surface area contributed by atoms with Crippen molar-refractivity contribution in [3.63, 3.8) is 0 Å². The molecular formula is C14H18N2O4S. The molecule has 0 fully saturated rings. The number of carbonyl (C=O) groups is 1. The number of carboxylic acid groups (broad SMARTS) is 1. The molecular weight excluding hydrogens is 292 g/mol. The molecule has 0 aliphatic carbocycles. The molecule has 21 heavy (non-hydrogen) atoms. The Morgan fingerprint density at radius 2 is 1.90 bits per heavy atom. The van der Waals surface area contributed by atoms with E-state index in [1.807, 2.05) is 0 Å². The number of nitrogens with one attached hydrogen (secondary N) is 1. The zero-order valence-corrected chi connectivity index (χ0v) is 12.8. The number of nitriles is 1. The minimum atomic E-state index is -3.47. The van der Waals surface area contributed by atoms with Gasteiger partial charge in [0, 0.05) is 6.54 Å². The number of sulfonamides is 1. The van der Waals surface area contributed by atoms with E-state index in [1.165, 1.54) is 12.1 Å². The second-order valence-electron chi connectivity index (χ2n) is 5.39. The number of aromatic carboxylic acids is 1. The Balaban J connectivity index is 2.57. The Bertz CT molecular complexity index is 643. The van der Waals surface area contributed by atoms with Crippen LogP contribution in [0.25, 0.3) is 0 Å². The summed E-state index contributed by atoms with van der Waals surface area (Å²) in [5, 5.41) is 17.6. The van der Waals surface area contributed by atoms with Gasteiger partial charge in [-0.15, -0.1) is 0 Å². The SMILES string of the molecule is CC(C)(C#N)CCS(=O)(=O)NCc1ccc(C(=O)O)cc1. The lowest BCUT2D eigenvalue weighted by molar-refractivity contribution is 0.0697. The van der Waals surface area contributed by atoms with E-state index in [2.05, 4.69) is 10.8 Å². The smallest absolute Gasteiger partial charge is 0.335 e. The molecule has 0 saturated heterocycles. The van der Waals surface area contributed by atoms with Crippen LogP contribution in [0.15, 0.2) is 24.3 Å². The van der Waals surface area contributed by atoms with Crippen LogP contribution in [0, 0.1) is 16.7 Å². The fraction of sp³-hybridized carbons (Fsp3) is 0.429. The van der Waals surface area contributed by atoms with Crippen molar-refractivity contribution in [1.82, 2.24) is 4.72 Å². The normalized spacial score (nSPS) is 11.9. The predicted molar refractivity (Wildman–Crippen MR) is 78.0 cm³/mol. The van der Waals surface area contributed by atoms with Crippen LogP contribution in [0.5, 0.6) is 0 Å². The summed E-state index contributed by atoms with van der Waals surface area (Å²) in [6, 6.07) is 8.02. The van der Waals surface area contributed by atoms with Gasteiger partial charge in [-0.05, 0) is 38.0 Å². The standard InChI is InChI=1S/C14H18N2O4S/c1-14(2,10-15)7-8-21(19,20)16-9-11-3-5-12(6-4-11)13(17)18/h3-6,16H,7-9H2,1-2H3,(H,17,18). The number of nitrogens with zero attached hydrogens (tertiary/aromatic N) is 1. The summed E-state index contributed by atoms with van der Waals surface area (Å²) in [6.45, 7) is 3.47. The first-order chi connectivity index (χ1) is 9.65. The van der Waals surface area contributed by atoms with Crippen LogP contribution in [0.4, 0.5) is 0 Å². The van der Waals surface area contributed by atoms with E-state index in [-0.39, 0.29) is 24.3 Å². The summed E-state index contributed by atoms with van der Waals surface area (Å²) in [6.07, 6.45) is 0.247. The molecule has 0 aromatic heterocycles. The molecule has 0 aliphatic rings. The van der Waals surface area contributed by atoms with E-state index >= 15 is 0 Å². The average Bonchev–Trinajstić information content (AvgIpc) is 2.44. The highest BCUT2D eigenvalue weighted by atomic mass is 32.2. The first kappa shape index (κ1) is 17.1. The van der Waals surface area contributed by atoms with Crippen molar-refractivity contribution in [2.45, 2.75) is 26.8 Å². The molecule has 1 aromatic carbocycles. The van der Waals surface area contributed by atoms with Gasteiger partial charge in [-0.2, -0.15) is 5.26 Å². The van der Waals surface area contributed by atoms with Crippen molar-refractivity contribution in [2.75, 3.05) is 5.75 Å². The number of benzene rings is 1. The lowest BCUT2D eigenvalue weighted by atomic mass is 9.93. The molecule has 0 radical (unpaired) electrons. The van der Waals surface area contributed by atoms with Crippen molar-refractivity contribution in [1.29, 1.82) is 5.26 Å². The van der Waals surface area contributed by atoms with Gasteiger partial charge in [0.05, 0.1) is 22.8 Å². The minimum Gasteiger partial charge on any atom is -0.478 e. The lowest BCUT2D eigenvalue weighted by Gasteiger charge is -2.15. The van der Waals surface area contributed by atoms with Crippen molar-refractivity contribution < 1.29 is 18.3 Å². The van der Waals surface area contributed by atoms with Crippen LogP contribution < -0.4 is 4.72 Å². The lowest BCUT2D eigenvalue weighted by Crippen LogP contribution is -2.28. The third-order valence-electron chi connectivity index (χ3n) is 3.00. The Morgan fingerprint density at radius 3 is 2.38 bits per heavy atom. The molecule has 0 amide bonds. The maximum atomic E-state index is 11.8. The molecule has 1 aromatic rings. The van der Waals surface area contributed by atoms with Crippen LogP contribution in [0.3, 0.4) is 0 Å². The Labute approximate surface area is 124 Å². The third-order valence-corrected chi connectivity index (χ3v) is 4.32. The van der Waals surface area contributed by atoms with Gasteiger partial charge in [-0.3, -0.25) is 0 Å². The van der Waals surface area contributed by atoms with Crippen molar-refractivity contribution in [2.24, 2.45) is 5.41 Å². The van der Waals surface area contributed by atoms with Crippen LogP contribution in [0.1, 0.15) is 36.2 Å². The molecule has 114 valence electrons. The molecule has 0 unspecified atom stereocenters. The first-order valence-electron chi connectivity index (χ1n) is 6.36. The van der Waals surface area contributed by atoms with E-state index < -0.39 is 21.4 Å². The van der Waals surface area contributed by atoms with Gasteiger partial charge < -0.3 is 5.11 Å². The molecule has 1 rings (SSSR count). The van der Waals surface area contributed by atoms with Crippen LogP contribution in [-0.2, 0) is 16.6 Å². The predicted octanol–water partition coefficient (Wildman–Crippen LogP) is 1.74. The highest BCUT2D eigenvalue weighted by molar-refractivity contribution is 7.89. The Kier molecular flexibility index (Phi) is 5.47. The summed E-state index contributed by atoms with van der Waals surface area (Å²) in [5.74, 6) is -1.15. The van der Waals surface area contributed by atoms with Gasteiger partial charge in [-0.25, -0.2) is 17.9 Å². The summed E-state index contributed by atoms with van der Waals surface area (Å²) in [4.78, 5) is 10.7. The number of rotatable bonds is 7. The van der Waals surface area contributed by atoms with E-state index in [0.29, 0.717) is 5.56 Å². The molecule has 0 bridgehead atoms. The van der Waals surface area contributed by atoms with Crippen LogP contribution in [0.2, 0.25) is 0 Å². The van der Waals surface area contributed by atoms with Gasteiger partial charge in [0.1, 0.15) is 0 Å². The molecule has 7 heteroatoms. The van der Waals surface area contributed by atoms with E-state index in [9.17, 15) is 13.2 Å². The largest absolute Gasteiger partial charge is 0.478 e. The van der Waals surface area contributed by atoms with Crippen molar-refractivity contribution >= 4 is 16.0 Å². The zero-order valence-electron chi connectivity index (χ0n) is 12.0. The van der Waals surface area contributed by atoms with Crippen LogP contribution in [-0.4, -0.2) is 25.2 Å². The molecule has 0 spiro atoms. The van der Waals surface area contributed by atoms with Crippen LogP contribution >= 0.6 is 0 Å². The first-order valence-corrected chi connectivity index (χ1v) is 8.01. The summed E-state index contributed by atoms with van der Waals surface area (Å²) >= 11 is 0. The molecule has 6 nitrogen and oxygen atoms in total. The average molecular weight is 310 g/mol. The zero-order chi connectivity index (χ0) is 16.1. The fourth-order valence-electron chi connectivity index (χ4n) is 1.48. The second-order valence-corrected chi connectivity index (χ2v) is 7.31. The number of hydrogen-bond donors (Lipinski definition) is 2. The van der Waals surface area contributed by atoms with Crippen molar-refractivity contribution in [3.05, 3.63) is 35.4 Å². The maximum Gasteiger partial charge on any atom is 0.335 e. The van der Waals surface area contributed by atoms with E-state index in [0.717, 1.165) is 0 Å².